The summed E-state index contributed by atoms with van der Waals surface area (Å²) < 4.78 is 0. The van der Waals surface area contributed by atoms with Crippen molar-refractivity contribution in [3.8, 4) is 6.07 Å². The molecule has 0 spiro atoms. The van der Waals surface area contributed by atoms with Crippen LogP contribution in [0.1, 0.15) is 114 Å². The molecule has 0 aromatic carbocycles. The largest absolute Gasteiger partial charge is 0.317 e. The molecule has 3 nitrogen and oxygen atoms in total. The highest BCUT2D eigenvalue weighted by molar-refractivity contribution is 7.16. The highest BCUT2D eigenvalue weighted by Crippen LogP contribution is 2.45. The van der Waals surface area contributed by atoms with E-state index in [-0.39, 0.29) is 5.91 Å². The van der Waals surface area contributed by atoms with E-state index in [2.05, 4.69) is 39.1 Å². The fraction of sp³-hybridized carbons (Fsp3) is 0.760. The molecule has 1 aromatic rings. The van der Waals surface area contributed by atoms with E-state index < -0.39 is 0 Å². The van der Waals surface area contributed by atoms with Crippen molar-refractivity contribution in [2.24, 2.45) is 11.3 Å². The Balaban J connectivity index is 1.84. The van der Waals surface area contributed by atoms with Crippen molar-refractivity contribution < 1.29 is 4.79 Å². The molecule has 4 heteroatoms. The van der Waals surface area contributed by atoms with Crippen molar-refractivity contribution >= 4 is 22.2 Å². The Morgan fingerprint density at radius 2 is 1.79 bits per heavy atom. The fourth-order valence-electron chi connectivity index (χ4n) is 4.36. The van der Waals surface area contributed by atoms with Gasteiger partial charge in [0.1, 0.15) is 11.1 Å². The molecule has 29 heavy (non-hydrogen) atoms. The molecule has 0 bridgehead atoms. The molecule has 0 aliphatic heterocycles. The molecule has 1 unspecified atom stereocenters. The van der Waals surface area contributed by atoms with E-state index in [4.69, 9.17) is 0 Å². The van der Waals surface area contributed by atoms with E-state index in [1.54, 1.807) is 11.3 Å². The number of hydrogen-bond acceptors (Lipinski definition) is 3. The Morgan fingerprint density at radius 1 is 1.14 bits per heavy atom. The van der Waals surface area contributed by atoms with E-state index >= 15 is 0 Å². The molecule has 2 rings (SSSR count). The molecule has 0 radical (unpaired) electrons. The lowest BCUT2D eigenvalue weighted by molar-refractivity contribution is -0.116. The number of rotatable bonds is 12. The van der Waals surface area contributed by atoms with Gasteiger partial charge < -0.3 is 5.32 Å². The van der Waals surface area contributed by atoms with Gasteiger partial charge in [-0.25, -0.2) is 0 Å². The van der Waals surface area contributed by atoms with Crippen LogP contribution >= 0.6 is 11.3 Å². The van der Waals surface area contributed by atoms with Crippen LogP contribution in [0.5, 0.6) is 0 Å². The normalized spacial score (nSPS) is 16.3. The molecule has 1 heterocycles. The summed E-state index contributed by atoms with van der Waals surface area (Å²) in [5.74, 6) is 0.725. The van der Waals surface area contributed by atoms with Crippen LogP contribution < -0.4 is 5.32 Å². The number of hydrogen-bond donors (Lipinski definition) is 1. The highest BCUT2D eigenvalue weighted by atomic mass is 32.1. The van der Waals surface area contributed by atoms with Gasteiger partial charge in [0.2, 0.25) is 5.91 Å². The SMILES string of the molecule is CCCCCCCCCCC(=O)Nc1sc2c(c1C#N)CCC(C(C)(C)CC)C2. The molecular formula is C25H40N2OS. The van der Waals surface area contributed by atoms with Gasteiger partial charge in [-0.1, -0.05) is 79.1 Å². The summed E-state index contributed by atoms with van der Waals surface area (Å²) >= 11 is 1.65. The van der Waals surface area contributed by atoms with Crippen molar-refractivity contribution in [1.29, 1.82) is 5.26 Å². The monoisotopic (exact) mass is 416 g/mol. The van der Waals surface area contributed by atoms with Gasteiger partial charge in [-0.05, 0) is 42.6 Å². The van der Waals surface area contributed by atoms with Gasteiger partial charge in [0.05, 0.1) is 5.56 Å². The molecular weight excluding hydrogens is 376 g/mol. The predicted molar refractivity (Wildman–Crippen MR) is 124 cm³/mol. The first kappa shape index (κ1) is 23.9. The summed E-state index contributed by atoms with van der Waals surface area (Å²) in [5, 5.41) is 13.5. The minimum Gasteiger partial charge on any atom is -0.317 e. The number of anilines is 1. The minimum absolute atomic E-state index is 0.0662. The summed E-state index contributed by atoms with van der Waals surface area (Å²) in [6.45, 7) is 9.22. The summed E-state index contributed by atoms with van der Waals surface area (Å²) in [4.78, 5) is 13.7. The third-order valence-corrected chi connectivity index (χ3v) is 8.07. The predicted octanol–water partition coefficient (Wildman–Crippen LogP) is 7.63. The summed E-state index contributed by atoms with van der Waals surface area (Å²) in [7, 11) is 0. The molecule has 1 atom stereocenters. The topological polar surface area (TPSA) is 52.9 Å². The molecule has 0 fully saturated rings. The van der Waals surface area contributed by atoms with Gasteiger partial charge in [0.15, 0.2) is 0 Å². The van der Waals surface area contributed by atoms with E-state index in [0.717, 1.165) is 42.7 Å². The van der Waals surface area contributed by atoms with Crippen molar-refractivity contribution in [3.63, 3.8) is 0 Å². The number of nitrogens with one attached hydrogen (secondary N) is 1. The second-order valence-corrected chi connectivity index (χ2v) is 10.5. The first-order valence-electron chi connectivity index (χ1n) is 11.8. The maximum atomic E-state index is 12.4. The van der Waals surface area contributed by atoms with Gasteiger partial charge in [0.25, 0.3) is 0 Å². The van der Waals surface area contributed by atoms with Crippen molar-refractivity contribution in [1.82, 2.24) is 0 Å². The number of amides is 1. The smallest absolute Gasteiger partial charge is 0.225 e. The molecule has 1 aliphatic rings. The number of fused-ring (bicyclic) bond motifs is 1. The van der Waals surface area contributed by atoms with Crippen LogP contribution in [-0.4, -0.2) is 5.91 Å². The second kappa shape index (κ2) is 11.7. The number of thiophene rings is 1. The maximum Gasteiger partial charge on any atom is 0.225 e. The summed E-state index contributed by atoms with van der Waals surface area (Å²) in [6, 6.07) is 2.37. The Labute approximate surface area is 182 Å². The third-order valence-electron chi connectivity index (χ3n) is 6.90. The van der Waals surface area contributed by atoms with Crippen LogP contribution in [0.4, 0.5) is 5.00 Å². The highest BCUT2D eigenvalue weighted by Gasteiger charge is 2.34. The number of carbonyl (C=O) groups is 1. The Hall–Kier alpha value is -1.34. The second-order valence-electron chi connectivity index (χ2n) is 9.37. The first-order chi connectivity index (χ1) is 13.9. The number of nitrogens with zero attached hydrogens (tertiary/aromatic N) is 1. The number of unbranched alkanes of at least 4 members (excludes halogenated alkanes) is 7. The molecule has 0 saturated heterocycles. The van der Waals surface area contributed by atoms with Crippen molar-refractivity contribution in [3.05, 3.63) is 16.0 Å². The van der Waals surface area contributed by atoms with Crippen LogP contribution in [0.25, 0.3) is 0 Å². The number of carbonyl (C=O) groups excluding carboxylic acids is 1. The molecule has 1 aromatic heterocycles. The zero-order valence-corrected chi connectivity index (χ0v) is 19.8. The van der Waals surface area contributed by atoms with Crippen molar-refractivity contribution in [2.75, 3.05) is 5.32 Å². The first-order valence-corrected chi connectivity index (χ1v) is 12.6. The Bertz CT molecular complexity index is 698. The Morgan fingerprint density at radius 3 is 2.41 bits per heavy atom. The zero-order valence-electron chi connectivity index (χ0n) is 19.0. The molecule has 1 amide bonds. The zero-order chi connectivity index (χ0) is 21.3. The quantitative estimate of drug-likeness (QED) is 0.356. The van der Waals surface area contributed by atoms with Crippen LogP contribution in [-0.2, 0) is 17.6 Å². The van der Waals surface area contributed by atoms with Crippen LogP contribution in [0, 0.1) is 22.7 Å². The van der Waals surface area contributed by atoms with Gasteiger partial charge >= 0.3 is 0 Å². The van der Waals surface area contributed by atoms with Crippen LogP contribution in [0.3, 0.4) is 0 Å². The van der Waals surface area contributed by atoms with Gasteiger partial charge in [0, 0.05) is 11.3 Å². The Kier molecular flexibility index (Phi) is 9.69. The van der Waals surface area contributed by atoms with Crippen LogP contribution in [0.15, 0.2) is 0 Å². The van der Waals surface area contributed by atoms with E-state index in [1.165, 1.54) is 55.4 Å². The van der Waals surface area contributed by atoms with Crippen LogP contribution in [0.2, 0.25) is 0 Å². The third kappa shape index (κ3) is 6.85. The number of nitriles is 1. The average molecular weight is 417 g/mol. The van der Waals surface area contributed by atoms with Crippen molar-refractivity contribution in [2.45, 2.75) is 111 Å². The fourth-order valence-corrected chi connectivity index (χ4v) is 5.65. The van der Waals surface area contributed by atoms with E-state index in [1.807, 2.05) is 0 Å². The standard InChI is InChI=1S/C25H40N2OS/c1-5-7-8-9-10-11-12-13-14-23(28)27-24-21(18-26)20-16-15-19(17-22(20)29-24)25(3,4)6-2/h19H,5-17H2,1-4H3,(H,27,28). The lowest BCUT2D eigenvalue weighted by atomic mass is 9.69. The maximum absolute atomic E-state index is 12.4. The lowest BCUT2D eigenvalue weighted by Gasteiger charge is -2.36. The summed E-state index contributed by atoms with van der Waals surface area (Å²) in [5.41, 5.74) is 2.25. The summed E-state index contributed by atoms with van der Waals surface area (Å²) in [6.07, 6.45) is 14.8. The van der Waals surface area contributed by atoms with E-state index in [0.29, 0.717) is 17.8 Å². The lowest BCUT2D eigenvalue weighted by Crippen LogP contribution is -2.28. The van der Waals surface area contributed by atoms with Gasteiger partial charge in [-0.2, -0.15) is 5.26 Å². The minimum atomic E-state index is 0.0662. The molecule has 162 valence electrons. The molecule has 1 N–H and O–H groups in total. The van der Waals surface area contributed by atoms with Gasteiger partial charge in [-0.3, -0.25) is 4.79 Å². The molecule has 0 saturated carbocycles. The average Bonchev–Trinajstić information content (AvgIpc) is 3.05. The molecule has 1 aliphatic carbocycles. The van der Waals surface area contributed by atoms with Gasteiger partial charge in [-0.15, -0.1) is 11.3 Å². The van der Waals surface area contributed by atoms with E-state index in [9.17, 15) is 10.1 Å².